The zero-order chi connectivity index (χ0) is 12.6. The second-order valence-electron chi connectivity index (χ2n) is 4.94. The highest BCUT2D eigenvalue weighted by atomic mass is 16.5. The molecule has 0 unspecified atom stereocenters. The molecule has 0 aliphatic heterocycles. The quantitative estimate of drug-likeness (QED) is 0.690. The highest BCUT2D eigenvalue weighted by Gasteiger charge is 2.40. The van der Waals surface area contributed by atoms with Gasteiger partial charge in [0, 0.05) is 19.4 Å². The normalized spacial score (nSPS) is 12.9. The number of aliphatic hydroxyl groups is 1. The summed E-state index contributed by atoms with van der Waals surface area (Å²) in [6.45, 7) is 6.72. The molecule has 0 spiro atoms. The molecule has 2 N–H and O–H groups in total. The number of aryl methyl sites for hydroxylation is 1. The molecule has 0 aromatic carbocycles. The molecule has 1 aromatic heterocycles. The van der Waals surface area contributed by atoms with E-state index < -0.39 is 18.3 Å². The number of aromatic nitrogens is 2. The standard InChI is InChI=1S/C10H19BN2O3/c1-9(2,14)10(3,4)16-11(15)8-12-6-7-13(8)5/h6-7,14-15H,1-5H3. The smallest absolute Gasteiger partial charge is 0.421 e. The summed E-state index contributed by atoms with van der Waals surface area (Å²) in [5.41, 5.74) is -1.52. The molecule has 5 nitrogen and oxygen atoms in total. The van der Waals surface area contributed by atoms with Crippen LogP contribution in [0.1, 0.15) is 27.7 Å². The summed E-state index contributed by atoms with van der Waals surface area (Å²) in [5, 5.41) is 19.8. The van der Waals surface area contributed by atoms with Gasteiger partial charge in [-0.05, 0) is 27.7 Å². The minimum atomic E-state index is -1.15. The summed E-state index contributed by atoms with van der Waals surface area (Å²) in [6.07, 6.45) is 3.30. The van der Waals surface area contributed by atoms with Crippen molar-refractivity contribution in [3.05, 3.63) is 12.4 Å². The number of hydrogen-bond donors (Lipinski definition) is 2. The molecule has 0 saturated heterocycles. The highest BCUT2D eigenvalue weighted by Crippen LogP contribution is 2.25. The SMILES string of the molecule is Cn1ccnc1B(O)OC(C)(C)C(C)(C)O. The number of hydrogen-bond acceptors (Lipinski definition) is 4. The van der Waals surface area contributed by atoms with Crippen molar-refractivity contribution in [2.75, 3.05) is 0 Å². The van der Waals surface area contributed by atoms with Crippen LogP contribution in [0.15, 0.2) is 12.4 Å². The summed E-state index contributed by atoms with van der Waals surface area (Å²) in [5.74, 6) is 0. The fraction of sp³-hybridized carbons (Fsp3) is 0.700. The van der Waals surface area contributed by atoms with Gasteiger partial charge < -0.3 is 19.4 Å². The Kier molecular flexibility index (Phi) is 3.47. The first-order valence-corrected chi connectivity index (χ1v) is 5.20. The largest absolute Gasteiger partial charge is 0.529 e. The van der Waals surface area contributed by atoms with E-state index in [0.717, 1.165) is 0 Å². The van der Waals surface area contributed by atoms with Crippen molar-refractivity contribution in [2.24, 2.45) is 7.05 Å². The molecule has 0 bridgehead atoms. The van der Waals surface area contributed by atoms with Crippen molar-refractivity contribution < 1.29 is 14.8 Å². The van der Waals surface area contributed by atoms with E-state index in [1.54, 1.807) is 51.7 Å². The third kappa shape index (κ3) is 2.64. The lowest BCUT2D eigenvalue weighted by Crippen LogP contribution is -2.54. The predicted molar refractivity (Wildman–Crippen MR) is 62.3 cm³/mol. The van der Waals surface area contributed by atoms with Gasteiger partial charge in [0.2, 0.25) is 0 Å². The summed E-state index contributed by atoms with van der Waals surface area (Å²) in [4.78, 5) is 3.99. The van der Waals surface area contributed by atoms with Crippen LogP contribution < -0.4 is 5.72 Å². The van der Waals surface area contributed by atoms with E-state index in [9.17, 15) is 10.1 Å². The minimum absolute atomic E-state index is 0.414. The first-order valence-electron chi connectivity index (χ1n) is 5.20. The Balaban J connectivity index is 2.80. The van der Waals surface area contributed by atoms with E-state index in [0.29, 0.717) is 5.72 Å². The predicted octanol–water partition coefficient (Wildman–Crippen LogP) is -0.326. The molecule has 1 aromatic rings. The number of rotatable bonds is 4. The lowest BCUT2D eigenvalue weighted by atomic mass is 9.82. The average Bonchev–Trinajstić information content (AvgIpc) is 2.48. The van der Waals surface area contributed by atoms with Gasteiger partial charge in [-0.25, -0.2) is 4.98 Å². The fourth-order valence-electron chi connectivity index (χ4n) is 1.09. The molecule has 0 fully saturated rings. The molecule has 1 rings (SSSR count). The van der Waals surface area contributed by atoms with E-state index in [1.807, 2.05) is 0 Å². The van der Waals surface area contributed by atoms with Gasteiger partial charge in [0.1, 0.15) is 5.72 Å². The van der Waals surface area contributed by atoms with Gasteiger partial charge in [-0.15, -0.1) is 0 Å². The van der Waals surface area contributed by atoms with Crippen LogP contribution in [-0.2, 0) is 11.7 Å². The van der Waals surface area contributed by atoms with Crippen molar-refractivity contribution >= 4 is 12.8 Å². The van der Waals surface area contributed by atoms with Gasteiger partial charge in [0.05, 0.1) is 11.2 Å². The third-order valence-corrected chi connectivity index (χ3v) is 2.96. The molecule has 16 heavy (non-hydrogen) atoms. The monoisotopic (exact) mass is 226 g/mol. The molecular formula is C10H19BN2O3. The van der Waals surface area contributed by atoms with Crippen LogP contribution in [0.5, 0.6) is 0 Å². The lowest BCUT2D eigenvalue weighted by molar-refractivity contribution is -0.0985. The molecule has 0 amide bonds. The van der Waals surface area contributed by atoms with Crippen LogP contribution in [0.2, 0.25) is 0 Å². The minimum Gasteiger partial charge on any atom is -0.421 e. The molecule has 0 atom stereocenters. The maximum Gasteiger partial charge on any atom is 0.529 e. The van der Waals surface area contributed by atoms with Crippen LogP contribution >= 0.6 is 0 Å². The Bertz CT molecular complexity index is 357. The third-order valence-electron chi connectivity index (χ3n) is 2.96. The number of imidazole rings is 1. The molecule has 0 aliphatic rings. The average molecular weight is 226 g/mol. The summed E-state index contributed by atoms with van der Waals surface area (Å²) >= 11 is 0. The molecule has 0 radical (unpaired) electrons. The topological polar surface area (TPSA) is 67.5 Å². The van der Waals surface area contributed by atoms with Crippen molar-refractivity contribution in [1.82, 2.24) is 9.55 Å². The molecule has 90 valence electrons. The van der Waals surface area contributed by atoms with E-state index >= 15 is 0 Å². The number of nitrogens with zero attached hydrogens (tertiary/aromatic N) is 2. The molecule has 0 saturated carbocycles. The van der Waals surface area contributed by atoms with Crippen LogP contribution in [0.3, 0.4) is 0 Å². The van der Waals surface area contributed by atoms with Gasteiger partial charge in [-0.1, -0.05) is 0 Å². The first-order chi connectivity index (χ1) is 7.15. The second-order valence-corrected chi connectivity index (χ2v) is 4.94. The first kappa shape index (κ1) is 13.2. The van der Waals surface area contributed by atoms with Gasteiger partial charge >= 0.3 is 7.12 Å². The Morgan fingerprint density at radius 1 is 1.38 bits per heavy atom. The fourth-order valence-corrected chi connectivity index (χ4v) is 1.09. The van der Waals surface area contributed by atoms with Crippen LogP contribution in [0.4, 0.5) is 0 Å². The van der Waals surface area contributed by atoms with Crippen molar-refractivity contribution in [2.45, 2.75) is 38.9 Å². The van der Waals surface area contributed by atoms with Crippen molar-refractivity contribution in [3.8, 4) is 0 Å². The zero-order valence-corrected chi connectivity index (χ0v) is 10.4. The molecule has 6 heteroatoms. The van der Waals surface area contributed by atoms with E-state index in [1.165, 1.54) is 0 Å². The Hall–Kier alpha value is -0.845. The van der Waals surface area contributed by atoms with E-state index in [-0.39, 0.29) is 0 Å². The summed E-state index contributed by atoms with van der Waals surface area (Å²) in [6, 6.07) is 0. The van der Waals surface area contributed by atoms with E-state index in [4.69, 9.17) is 4.65 Å². The molecule has 1 heterocycles. The van der Waals surface area contributed by atoms with E-state index in [2.05, 4.69) is 4.98 Å². The lowest BCUT2D eigenvalue weighted by Gasteiger charge is -2.38. The summed E-state index contributed by atoms with van der Waals surface area (Å²) < 4.78 is 7.12. The van der Waals surface area contributed by atoms with Crippen molar-refractivity contribution in [1.29, 1.82) is 0 Å². The van der Waals surface area contributed by atoms with Crippen LogP contribution in [0, 0.1) is 0 Å². The van der Waals surface area contributed by atoms with Crippen LogP contribution in [0.25, 0.3) is 0 Å². The highest BCUT2D eigenvalue weighted by molar-refractivity contribution is 6.58. The maximum absolute atomic E-state index is 9.90. The van der Waals surface area contributed by atoms with Crippen molar-refractivity contribution in [3.63, 3.8) is 0 Å². The van der Waals surface area contributed by atoms with Gasteiger partial charge in [-0.2, -0.15) is 0 Å². The second kappa shape index (κ2) is 4.20. The van der Waals surface area contributed by atoms with Crippen LogP contribution in [-0.4, -0.2) is 38.0 Å². The zero-order valence-electron chi connectivity index (χ0n) is 10.4. The summed E-state index contributed by atoms with van der Waals surface area (Å²) in [7, 11) is 0.618. The molecule has 0 aliphatic carbocycles. The Labute approximate surface area is 96.2 Å². The Morgan fingerprint density at radius 3 is 2.31 bits per heavy atom. The maximum atomic E-state index is 9.90. The van der Waals surface area contributed by atoms with Gasteiger partial charge in [0.15, 0.2) is 0 Å². The van der Waals surface area contributed by atoms with Gasteiger partial charge in [0.25, 0.3) is 0 Å². The molecular weight excluding hydrogens is 207 g/mol. The Morgan fingerprint density at radius 2 is 1.94 bits per heavy atom. The van der Waals surface area contributed by atoms with Gasteiger partial charge in [-0.3, -0.25) is 0 Å².